The summed E-state index contributed by atoms with van der Waals surface area (Å²) in [5, 5.41) is 0. The Bertz CT molecular complexity index is 1030. The summed E-state index contributed by atoms with van der Waals surface area (Å²) < 4.78 is 0. The molecule has 2 aromatic heterocycles. The van der Waals surface area contributed by atoms with Crippen LogP contribution in [0.4, 0.5) is 0 Å². The number of nitrogens with zero attached hydrogens (tertiary/aromatic N) is 2. The van der Waals surface area contributed by atoms with Gasteiger partial charge in [0.05, 0.1) is 20.8 Å². The first-order valence-electron chi connectivity index (χ1n) is 20.8. The maximum absolute atomic E-state index is 4.44. The Balaban J connectivity index is 1.40. The van der Waals surface area contributed by atoms with Gasteiger partial charge in [0.15, 0.2) is 0 Å². The SMILES string of the molecule is CCCCCCCCCCCCCCCCc1cc(-c2cncs2)c(-c2cncs2)cc1CCCCCCCCCCCCCCCC. The number of aromatic nitrogens is 2. The minimum atomic E-state index is 1.21. The van der Waals surface area contributed by atoms with Gasteiger partial charge in [0, 0.05) is 23.5 Å². The fourth-order valence-electron chi connectivity index (χ4n) is 7.28. The van der Waals surface area contributed by atoms with Crippen molar-refractivity contribution in [2.75, 3.05) is 0 Å². The third kappa shape index (κ3) is 17.9. The van der Waals surface area contributed by atoms with Gasteiger partial charge in [-0.3, -0.25) is 9.97 Å². The van der Waals surface area contributed by atoms with Crippen LogP contribution in [0.5, 0.6) is 0 Å². The zero-order valence-electron chi connectivity index (χ0n) is 31.4. The predicted molar refractivity (Wildman–Crippen MR) is 217 cm³/mol. The third-order valence-electron chi connectivity index (χ3n) is 10.3. The lowest BCUT2D eigenvalue weighted by molar-refractivity contribution is 0.534. The van der Waals surface area contributed by atoms with Gasteiger partial charge in [-0.05, 0) is 48.9 Å². The molecule has 0 aliphatic carbocycles. The highest BCUT2D eigenvalue weighted by molar-refractivity contribution is 7.14. The van der Waals surface area contributed by atoms with Crippen LogP contribution in [-0.4, -0.2) is 9.97 Å². The lowest BCUT2D eigenvalue weighted by Gasteiger charge is -2.16. The number of thiazole rings is 2. The highest BCUT2D eigenvalue weighted by atomic mass is 32.1. The van der Waals surface area contributed by atoms with Crippen molar-refractivity contribution in [3.63, 3.8) is 0 Å². The highest BCUT2D eigenvalue weighted by Gasteiger charge is 2.15. The molecule has 0 aliphatic heterocycles. The Kier molecular flexibility index (Phi) is 24.0. The molecule has 0 spiro atoms. The zero-order valence-corrected chi connectivity index (χ0v) is 33.0. The van der Waals surface area contributed by atoms with Crippen molar-refractivity contribution in [1.29, 1.82) is 0 Å². The van der Waals surface area contributed by atoms with E-state index < -0.39 is 0 Å². The first-order valence-corrected chi connectivity index (χ1v) is 22.5. The summed E-state index contributed by atoms with van der Waals surface area (Å²) in [6, 6.07) is 5.06. The molecule has 3 rings (SSSR count). The van der Waals surface area contributed by atoms with E-state index in [0.29, 0.717) is 0 Å². The zero-order chi connectivity index (χ0) is 33.7. The number of hydrogen-bond acceptors (Lipinski definition) is 4. The lowest BCUT2D eigenvalue weighted by Crippen LogP contribution is -1.99. The first kappa shape index (κ1) is 40.9. The summed E-state index contributed by atoms with van der Waals surface area (Å²) in [7, 11) is 0. The molecule has 0 N–H and O–H groups in total. The van der Waals surface area contributed by atoms with E-state index in [0.717, 1.165) is 0 Å². The third-order valence-corrected chi connectivity index (χ3v) is 11.9. The fourth-order valence-corrected chi connectivity index (χ4v) is 8.59. The number of benzene rings is 1. The van der Waals surface area contributed by atoms with Gasteiger partial charge < -0.3 is 0 Å². The second kappa shape index (κ2) is 28.2. The molecule has 0 atom stereocenters. The van der Waals surface area contributed by atoms with E-state index >= 15 is 0 Å². The van der Waals surface area contributed by atoms with Crippen LogP contribution < -0.4 is 0 Å². The van der Waals surface area contributed by atoms with Crippen molar-refractivity contribution in [3.05, 3.63) is 46.7 Å². The number of hydrogen-bond donors (Lipinski definition) is 0. The topological polar surface area (TPSA) is 25.8 Å². The second-order valence-corrected chi connectivity index (χ2v) is 16.4. The van der Waals surface area contributed by atoms with Crippen LogP contribution in [0.3, 0.4) is 0 Å². The number of unbranched alkanes of at least 4 members (excludes halogenated alkanes) is 26. The molecule has 0 bridgehead atoms. The summed E-state index contributed by atoms with van der Waals surface area (Å²) in [5.41, 5.74) is 9.82. The van der Waals surface area contributed by atoms with E-state index in [1.165, 1.54) is 214 Å². The van der Waals surface area contributed by atoms with E-state index in [2.05, 4.69) is 35.9 Å². The molecule has 0 aliphatic rings. The summed E-state index contributed by atoms with van der Waals surface area (Å²) in [6.07, 6.45) is 46.2. The molecule has 3 aromatic rings. The monoisotopic (exact) mass is 693 g/mol. The van der Waals surface area contributed by atoms with Gasteiger partial charge >= 0.3 is 0 Å². The molecule has 0 radical (unpaired) electrons. The van der Waals surface area contributed by atoms with Crippen LogP contribution in [0, 0.1) is 0 Å². The van der Waals surface area contributed by atoms with Gasteiger partial charge in [-0.25, -0.2) is 0 Å². The normalized spacial score (nSPS) is 11.5. The van der Waals surface area contributed by atoms with Gasteiger partial charge in [-0.1, -0.05) is 181 Å². The van der Waals surface area contributed by atoms with Crippen molar-refractivity contribution in [2.45, 2.75) is 206 Å². The summed E-state index contributed by atoms with van der Waals surface area (Å²) in [5.74, 6) is 0. The molecule has 0 fully saturated rings. The van der Waals surface area contributed by atoms with Crippen molar-refractivity contribution >= 4 is 22.7 Å². The van der Waals surface area contributed by atoms with E-state index in [1.54, 1.807) is 33.8 Å². The average molecular weight is 693 g/mol. The van der Waals surface area contributed by atoms with Gasteiger partial charge in [0.25, 0.3) is 0 Å². The molecule has 1 aromatic carbocycles. The van der Waals surface area contributed by atoms with Crippen molar-refractivity contribution in [3.8, 4) is 20.9 Å². The maximum atomic E-state index is 4.44. The van der Waals surface area contributed by atoms with Gasteiger partial charge in [0.2, 0.25) is 0 Å². The molecule has 0 amide bonds. The van der Waals surface area contributed by atoms with Crippen LogP contribution in [0.1, 0.15) is 205 Å². The Labute approximate surface area is 305 Å². The molecule has 0 saturated carbocycles. The molecule has 48 heavy (non-hydrogen) atoms. The molecule has 2 heterocycles. The predicted octanol–water partition coefficient (Wildman–Crippen LogP) is 16.0. The summed E-state index contributed by atoms with van der Waals surface area (Å²) >= 11 is 3.52. The largest absolute Gasteiger partial charge is 0.252 e. The molecule has 0 saturated heterocycles. The van der Waals surface area contributed by atoms with Gasteiger partial charge in [0.1, 0.15) is 0 Å². The van der Waals surface area contributed by atoms with Crippen LogP contribution in [-0.2, 0) is 12.8 Å². The number of aryl methyl sites for hydroxylation is 2. The van der Waals surface area contributed by atoms with Crippen molar-refractivity contribution in [2.24, 2.45) is 0 Å². The maximum Gasteiger partial charge on any atom is 0.0797 e. The quantitative estimate of drug-likeness (QED) is 0.0609. The van der Waals surface area contributed by atoms with Gasteiger partial charge in [-0.15, -0.1) is 22.7 Å². The smallest absolute Gasteiger partial charge is 0.0797 e. The fraction of sp³-hybridized carbons (Fsp3) is 0.727. The average Bonchev–Trinajstić information content (AvgIpc) is 3.84. The first-order chi connectivity index (χ1) is 23.8. The molecule has 270 valence electrons. The molecule has 2 nitrogen and oxygen atoms in total. The van der Waals surface area contributed by atoms with Crippen molar-refractivity contribution < 1.29 is 0 Å². The summed E-state index contributed by atoms with van der Waals surface area (Å²) in [6.45, 7) is 4.61. The van der Waals surface area contributed by atoms with Crippen LogP contribution >= 0.6 is 22.7 Å². The van der Waals surface area contributed by atoms with Crippen LogP contribution in [0.15, 0.2) is 35.5 Å². The standard InChI is InChI=1S/C44H72N2S2/c1-3-5-7-9-11-13-15-17-19-21-23-25-27-29-31-39-33-41(43-35-45-37-47-43)42(44-36-46-38-48-44)34-40(39)32-30-28-26-24-22-20-18-16-14-12-10-8-6-4-2/h33-38H,3-32H2,1-2H3. The van der Waals surface area contributed by atoms with Crippen molar-refractivity contribution in [1.82, 2.24) is 9.97 Å². The van der Waals surface area contributed by atoms with Gasteiger partial charge in [-0.2, -0.15) is 0 Å². The lowest BCUT2D eigenvalue weighted by atomic mass is 9.91. The van der Waals surface area contributed by atoms with E-state index in [9.17, 15) is 0 Å². The van der Waals surface area contributed by atoms with E-state index in [1.807, 2.05) is 23.4 Å². The molecular weight excluding hydrogens is 621 g/mol. The Morgan fingerprint density at radius 2 is 0.646 bits per heavy atom. The molecular formula is C44H72N2S2. The summed E-state index contributed by atoms with van der Waals surface area (Å²) in [4.78, 5) is 11.4. The number of rotatable bonds is 32. The Morgan fingerprint density at radius 1 is 0.375 bits per heavy atom. The molecule has 4 heteroatoms. The van der Waals surface area contributed by atoms with Crippen LogP contribution in [0.25, 0.3) is 20.9 Å². The van der Waals surface area contributed by atoms with E-state index in [-0.39, 0.29) is 0 Å². The van der Waals surface area contributed by atoms with Crippen LogP contribution in [0.2, 0.25) is 0 Å². The Hall–Kier alpha value is -1.52. The Morgan fingerprint density at radius 3 is 0.896 bits per heavy atom. The molecule has 0 unspecified atom stereocenters. The van der Waals surface area contributed by atoms with E-state index in [4.69, 9.17) is 0 Å². The second-order valence-electron chi connectivity index (χ2n) is 14.6. The minimum absolute atomic E-state index is 1.21. The highest BCUT2D eigenvalue weighted by Crippen LogP contribution is 2.38. The minimum Gasteiger partial charge on any atom is -0.252 e.